The van der Waals surface area contributed by atoms with Crippen LogP contribution in [0.3, 0.4) is 0 Å². The Morgan fingerprint density at radius 2 is 2.00 bits per heavy atom. The van der Waals surface area contributed by atoms with Gasteiger partial charge in [-0.25, -0.2) is 0 Å². The summed E-state index contributed by atoms with van der Waals surface area (Å²) in [5.41, 5.74) is 6.03. The van der Waals surface area contributed by atoms with Gasteiger partial charge >= 0.3 is 0 Å². The quantitative estimate of drug-likeness (QED) is 0.687. The van der Waals surface area contributed by atoms with Gasteiger partial charge in [0.15, 0.2) is 5.12 Å². The lowest BCUT2D eigenvalue weighted by atomic mass is 10.0. The van der Waals surface area contributed by atoms with Gasteiger partial charge in [-0.2, -0.15) is 4.80 Å². The Kier molecular flexibility index (Phi) is 6.63. The molecule has 1 unspecified atom stereocenters. The van der Waals surface area contributed by atoms with Crippen molar-refractivity contribution in [1.82, 2.24) is 20.2 Å². The van der Waals surface area contributed by atoms with Crippen molar-refractivity contribution >= 4 is 34.6 Å². The number of amides is 2. The van der Waals surface area contributed by atoms with Crippen LogP contribution in [0.5, 0.6) is 0 Å². The summed E-state index contributed by atoms with van der Waals surface area (Å²) in [5.74, 6) is -1.06. The van der Waals surface area contributed by atoms with E-state index in [9.17, 15) is 14.4 Å². The third-order valence-electron chi connectivity index (χ3n) is 3.17. The number of carbonyl (C=O) groups is 3. The summed E-state index contributed by atoms with van der Waals surface area (Å²) >= 11 is 1.09. The normalized spacial score (nSPS) is 11.7. The van der Waals surface area contributed by atoms with E-state index in [2.05, 4.69) is 20.7 Å². The molecule has 1 heterocycles. The van der Waals surface area contributed by atoms with Gasteiger partial charge in [-0.15, -0.1) is 5.10 Å². The Morgan fingerprint density at radius 3 is 2.64 bits per heavy atom. The zero-order chi connectivity index (χ0) is 18.2. The molecular weight excluding hydrogens is 344 g/mol. The molecule has 25 heavy (non-hydrogen) atoms. The highest BCUT2D eigenvalue weighted by Gasteiger charge is 2.21. The van der Waals surface area contributed by atoms with Crippen LogP contribution in [-0.4, -0.2) is 42.9 Å². The Labute approximate surface area is 148 Å². The van der Waals surface area contributed by atoms with E-state index in [0.717, 1.165) is 22.1 Å². The number of primary amides is 1. The fourth-order valence-electron chi connectivity index (χ4n) is 2.06. The number of anilines is 1. The number of hydrogen-bond acceptors (Lipinski definition) is 7. The van der Waals surface area contributed by atoms with Crippen molar-refractivity contribution < 1.29 is 14.4 Å². The first-order chi connectivity index (χ1) is 11.9. The Hall–Kier alpha value is -2.75. The van der Waals surface area contributed by atoms with E-state index < -0.39 is 11.8 Å². The van der Waals surface area contributed by atoms with Crippen LogP contribution in [0.4, 0.5) is 5.95 Å². The van der Waals surface area contributed by atoms with Crippen LogP contribution in [0.25, 0.3) is 0 Å². The second kappa shape index (κ2) is 8.92. The first kappa shape index (κ1) is 18.6. The van der Waals surface area contributed by atoms with Crippen LogP contribution < -0.4 is 11.1 Å². The Bertz CT molecular complexity index is 749. The molecule has 0 aliphatic heterocycles. The zero-order valence-electron chi connectivity index (χ0n) is 13.6. The molecule has 0 radical (unpaired) electrons. The zero-order valence-corrected chi connectivity index (χ0v) is 14.4. The summed E-state index contributed by atoms with van der Waals surface area (Å²) in [6, 6.07) is 9.50. The van der Waals surface area contributed by atoms with Crippen LogP contribution in [-0.2, 0) is 27.3 Å². The Balaban J connectivity index is 2.04. The van der Waals surface area contributed by atoms with Crippen LogP contribution in [0.15, 0.2) is 30.3 Å². The molecule has 9 nitrogen and oxygen atoms in total. The Morgan fingerprint density at radius 1 is 1.28 bits per heavy atom. The molecule has 1 atom stereocenters. The highest BCUT2D eigenvalue weighted by atomic mass is 32.2. The summed E-state index contributed by atoms with van der Waals surface area (Å²) in [6.07, 6.45) is 0.475. The fraction of sp³-hybridized carbons (Fsp3) is 0.333. The standard InChI is InChI=1S/C15H18N6O3S/c1-10(22)25-9-12(7-11-5-3-2-4-6-11)14(24)17-15-18-20-21(19-15)8-13(16)23/h2-6,12H,7-9H2,1H3,(H2,16,23)(H,17,19,24). The van der Waals surface area contributed by atoms with Crippen molar-refractivity contribution in [2.45, 2.75) is 19.9 Å². The predicted molar refractivity (Wildman–Crippen MR) is 92.4 cm³/mol. The largest absolute Gasteiger partial charge is 0.368 e. The molecule has 0 aliphatic rings. The number of nitrogens with zero attached hydrogens (tertiary/aromatic N) is 4. The smallest absolute Gasteiger partial charge is 0.270 e. The van der Waals surface area contributed by atoms with Gasteiger partial charge in [-0.05, 0) is 17.2 Å². The SMILES string of the molecule is CC(=O)SCC(Cc1ccccc1)C(=O)Nc1nnn(CC(N)=O)n1. The van der Waals surface area contributed by atoms with Gasteiger partial charge in [0.1, 0.15) is 6.54 Å². The molecule has 0 fully saturated rings. The predicted octanol–water partition coefficient (Wildman–Crippen LogP) is 0.235. The summed E-state index contributed by atoms with van der Waals surface area (Å²) in [5, 5.41) is 13.7. The van der Waals surface area contributed by atoms with Gasteiger partial charge in [0, 0.05) is 12.7 Å². The van der Waals surface area contributed by atoms with Crippen LogP contribution in [0, 0.1) is 5.92 Å². The van der Waals surface area contributed by atoms with Crippen molar-refractivity contribution in [2.75, 3.05) is 11.1 Å². The molecule has 0 aliphatic carbocycles. The topological polar surface area (TPSA) is 133 Å². The number of carbonyl (C=O) groups excluding carboxylic acids is 3. The van der Waals surface area contributed by atoms with E-state index in [0.29, 0.717) is 12.2 Å². The molecule has 1 aromatic carbocycles. The van der Waals surface area contributed by atoms with Crippen molar-refractivity contribution in [3.63, 3.8) is 0 Å². The first-order valence-electron chi connectivity index (χ1n) is 7.48. The van der Waals surface area contributed by atoms with E-state index in [1.54, 1.807) is 0 Å². The fourth-order valence-corrected chi connectivity index (χ4v) is 2.76. The third-order valence-corrected chi connectivity index (χ3v) is 4.14. The minimum absolute atomic E-state index is 0.0165. The van der Waals surface area contributed by atoms with E-state index in [1.807, 2.05) is 30.3 Å². The number of hydrogen-bond donors (Lipinski definition) is 2. The highest BCUT2D eigenvalue weighted by Crippen LogP contribution is 2.17. The minimum Gasteiger partial charge on any atom is -0.368 e. The number of thioether (sulfide) groups is 1. The summed E-state index contributed by atoms with van der Waals surface area (Å²) in [6.45, 7) is 1.23. The lowest BCUT2D eigenvalue weighted by Crippen LogP contribution is -2.27. The molecule has 0 spiro atoms. The van der Waals surface area contributed by atoms with Crippen molar-refractivity contribution in [1.29, 1.82) is 0 Å². The molecule has 0 bridgehead atoms. The summed E-state index contributed by atoms with van der Waals surface area (Å²) in [7, 11) is 0. The molecule has 132 valence electrons. The van der Waals surface area contributed by atoms with Crippen LogP contribution in [0.2, 0.25) is 0 Å². The molecule has 10 heteroatoms. The third kappa shape index (κ3) is 6.34. The molecule has 2 amide bonds. The lowest BCUT2D eigenvalue weighted by molar-refractivity contribution is -0.119. The van der Waals surface area contributed by atoms with Crippen LogP contribution in [0.1, 0.15) is 12.5 Å². The highest BCUT2D eigenvalue weighted by molar-refractivity contribution is 8.13. The van der Waals surface area contributed by atoms with Gasteiger partial charge in [0.2, 0.25) is 11.8 Å². The molecule has 2 aromatic rings. The second-order valence-electron chi connectivity index (χ2n) is 5.29. The van der Waals surface area contributed by atoms with Crippen molar-refractivity contribution in [3.05, 3.63) is 35.9 Å². The molecule has 2 rings (SSSR count). The number of nitrogens with one attached hydrogen (secondary N) is 1. The minimum atomic E-state index is -0.616. The van der Waals surface area contributed by atoms with Crippen molar-refractivity contribution in [3.8, 4) is 0 Å². The molecular formula is C15H18N6O3S. The summed E-state index contributed by atoms with van der Waals surface area (Å²) < 4.78 is 0. The number of tetrazole rings is 1. The number of rotatable bonds is 8. The number of aromatic nitrogens is 4. The number of nitrogens with two attached hydrogens (primary N) is 1. The molecule has 0 saturated heterocycles. The monoisotopic (exact) mass is 362 g/mol. The number of benzene rings is 1. The average Bonchev–Trinajstić information content (AvgIpc) is 2.98. The maximum absolute atomic E-state index is 12.5. The lowest BCUT2D eigenvalue weighted by Gasteiger charge is -2.14. The molecule has 0 saturated carbocycles. The second-order valence-corrected chi connectivity index (χ2v) is 6.49. The summed E-state index contributed by atoms with van der Waals surface area (Å²) in [4.78, 5) is 35.6. The van der Waals surface area contributed by atoms with Gasteiger partial charge in [-0.1, -0.05) is 47.2 Å². The van der Waals surface area contributed by atoms with Gasteiger partial charge < -0.3 is 5.73 Å². The van der Waals surface area contributed by atoms with E-state index in [1.165, 1.54) is 6.92 Å². The van der Waals surface area contributed by atoms with E-state index in [-0.39, 0.29) is 23.5 Å². The average molecular weight is 362 g/mol. The maximum atomic E-state index is 12.5. The van der Waals surface area contributed by atoms with Gasteiger partial charge in [-0.3, -0.25) is 19.7 Å². The van der Waals surface area contributed by atoms with E-state index >= 15 is 0 Å². The molecule has 3 N–H and O–H groups in total. The molecule has 1 aromatic heterocycles. The van der Waals surface area contributed by atoms with Gasteiger partial charge in [0.05, 0.1) is 5.92 Å². The van der Waals surface area contributed by atoms with E-state index in [4.69, 9.17) is 5.73 Å². The first-order valence-corrected chi connectivity index (χ1v) is 8.47. The maximum Gasteiger partial charge on any atom is 0.270 e. The van der Waals surface area contributed by atoms with Gasteiger partial charge in [0.25, 0.3) is 5.95 Å². The van der Waals surface area contributed by atoms with Crippen LogP contribution >= 0.6 is 11.8 Å². The van der Waals surface area contributed by atoms with Crippen molar-refractivity contribution in [2.24, 2.45) is 11.7 Å².